The normalized spacial score (nSPS) is 14.5. The van der Waals surface area contributed by atoms with Gasteiger partial charge in [0.2, 0.25) is 0 Å². The van der Waals surface area contributed by atoms with Crippen LogP contribution in [0.3, 0.4) is 0 Å². The van der Waals surface area contributed by atoms with Crippen molar-refractivity contribution in [1.82, 2.24) is 0 Å². The fourth-order valence-corrected chi connectivity index (χ4v) is 1.78. The molecule has 0 spiro atoms. The Morgan fingerprint density at radius 2 is 2.38 bits per heavy atom. The van der Waals surface area contributed by atoms with Crippen LogP contribution in [0, 0.1) is 0 Å². The first-order valence-corrected chi connectivity index (χ1v) is 5.01. The van der Waals surface area contributed by atoms with Crippen molar-refractivity contribution in [3.63, 3.8) is 0 Å². The van der Waals surface area contributed by atoms with Crippen molar-refractivity contribution >= 4 is 11.4 Å². The van der Waals surface area contributed by atoms with Crippen molar-refractivity contribution in [2.24, 2.45) is 0 Å². The van der Waals surface area contributed by atoms with Crippen molar-refractivity contribution in [3.8, 4) is 0 Å². The van der Waals surface area contributed by atoms with E-state index in [2.05, 4.69) is 35.8 Å². The fraction of sp³-hybridized carbons (Fsp3) is 0.455. The maximum absolute atomic E-state index is 3.42. The van der Waals surface area contributed by atoms with Gasteiger partial charge in [-0.25, -0.2) is 0 Å². The predicted molar refractivity (Wildman–Crippen MR) is 57.4 cm³/mol. The Bertz CT molecular complexity index is 294. The van der Waals surface area contributed by atoms with E-state index in [-0.39, 0.29) is 0 Å². The summed E-state index contributed by atoms with van der Waals surface area (Å²) >= 11 is 0. The Morgan fingerprint density at radius 3 is 3.23 bits per heavy atom. The molecule has 70 valence electrons. The van der Waals surface area contributed by atoms with E-state index in [1.807, 2.05) is 0 Å². The molecular weight excluding hydrogens is 160 g/mol. The first kappa shape index (κ1) is 8.42. The summed E-state index contributed by atoms with van der Waals surface area (Å²) < 4.78 is 0. The third-order valence-corrected chi connectivity index (χ3v) is 2.43. The average molecular weight is 176 g/mol. The van der Waals surface area contributed by atoms with E-state index in [1.54, 1.807) is 0 Å². The monoisotopic (exact) mass is 176 g/mol. The highest BCUT2D eigenvalue weighted by Crippen LogP contribution is 2.25. The zero-order valence-electron chi connectivity index (χ0n) is 8.06. The average Bonchev–Trinajstić information content (AvgIpc) is 2.18. The molecule has 0 amide bonds. The van der Waals surface area contributed by atoms with Gasteiger partial charge in [0, 0.05) is 24.5 Å². The molecule has 13 heavy (non-hydrogen) atoms. The first-order chi connectivity index (χ1) is 6.40. The molecule has 0 unspecified atom stereocenters. The van der Waals surface area contributed by atoms with Gasteiger partial charge in [0.25, 0.3) is 0 Å². The Labute approximate surface area is 79.4 Å². The summed E-state index contributed by atoms with van der Waals surface area (Å²) in [5.74, 6) is 0. The highest BCUT2D eigenvalue weighted by Gasteiger charge is 2.07. The van der Waals surface area contributed by atoms with Gasteiger partial charge in [-0.2, -0.15) is 0 Å². The number of rotatable bonds is 2. The molecule has 0 fully saturated rings. The molecule has 1 aromatic rings. The lowest BCUT2D eigenvalue weighted by Crippen LogP contribution is -2.11. The number of hydrogen-bond donors (Lipinski definition) is 2. The van der Waals surface area contributed by atoms with E-state index in [0.29, 0.717) is 0 Å². The number of benzene rings is 1. The Hall–Kier alpha value is -1.18. The van der Waals surface area contributed by atoms with Crippen LogP contribution in [0.4, 0.5) is 11.4 Å². The summed E-state index contributed by atoms with van der Waals surface area (Å²) in [4.78, 5) is 0. The van der Waals surface area contributed by atoms with Gasteiger partial charge >= 0.3 is 0 Å². The van der Waals surface area contributed by atoms with Gasteiger partial charge in [-0.15, -0.1) is 0 Å². The number of aryl methyl sites for hydroxylation is 1. The van der Waals surface area contributed by atoms with Gasteiger partial charge in [-0.05, 0) is 37.5 Å². The second-order valence-electron chi connectivity index (χ2n) is 3.43. The highest BCUT2D eigenvalue weighted by molar-refractivity contribution is 5.62. The largest absolute Gasteiger partial charge is 0.385 e. The van der Waals surface area contributed by atoms with Crippen LogP contribution in [0.15, 0.2) is 18.2 Å². The smallest absolute Gasteiger partial charge is 0.0393 e. The lowest BCUT2D eigenvalue weighted by molar-refractivity contribution is 0.830. The summed E-state index contributed by atoms with van der Waals surface area (Å²) in [5.41, 5.74) is 3.98. The van der Waals surface area contributed by atoms with Crippen LogP contribution in [0.1, 0.15) is 18.9 Å². The summed E-state index contributed by atoms with van der Waals surface area (Å²) in [6.45, 7) is 4.22. The molecule has 1 aliphatic rings. The summed E-state index contributed by atoms with van der Waals surface area (Å²) in [6, 6.07) is 6.59. The van der Waals surface area contributed by atoms with Crippen LogP contribution < -0.4 is 10.6 Å². The SMILES string of the molecule is CCNc1ccc2c(c1)NCCC2. The van der Waals surface area contributed by atoms with Crippen molar-refractivity contribution in [2.75, 3.05) is 23.7 Å². The van der Waals surface area contributed by atoms with Crippen LogP contribution in [0.5, 0.6) is 0 Å². The molecule has 1 aliphatic heterocycles. The highest BCUT2D eigenvalue weighted by atomic mass is 14.9. The van der Waals surface area contributed by atoms with Crippen molar-refractivity contribution in [3.05, 3.63) is 23.8 Å². The second kappa shape index (κ2) is 3.69. The van der Waals surface area contributed by atoms with Crippen LogP contribution >= 0.6 is 0 Å². The van der Waals surface area contributed by atoms with E-state index in [4.69, 9.17) is 0 Å². The van der Waals surface area contributed by atoms with Gasteiger partial charge in [0.15, 0.2) is 0 Å². The third kappa shape index (κ3) is 1.77. The third-order valence-electron chi connectivity index (χ3n) is 2.43. The predicted octanol–water partition coefficient (Wildman–Crippen LogP) is 2.48. The lowest BCUT2D eigenvalue weighted by Gasteiger charge is -2.18. The molecule has 0 atom stereocenters. The molecule has 0 bridgehead atoms. The molecule has 0 radical (unpaired) electrons. The zero-order valence-corrected chi connectivity index (χ0v) is 8.06. The second-order valence-corrected chi connectivity index (χ2v) is 3.43. The van der Waals surface area contributed by atoms with Gasteiger partial charge < -0.3 is 10.6 Å². The minimum Gasteiger partial charge on any atom is -0.385 e. The molecule has 2 nitrogen and oxygen atoms in total. The zero-order chi connectivity index (χ0) is 9.10. The van der Waals surface area contributed by atoms with Crippen LogP contribution in [-0.4, -0.2) is 13.1 Å². The molecule has 2 rings (SSSR count). The van der Waals surface area contributed by atoms with E-state index in [1.165, 1.54) is 29.8 Å². The van der Waals surface area contributed by atoms with E-state index >= 15 is 0 Å². The van der Waals surface area contributed by atoms with Gasteiger partial charge in [-0.3, -0.25) is 0 Å². The van der Waals surface area contributed by atoms with Crippen molar-refractivity contribution in [1.29, 1.82) is 0 Å². The van der Waals surface area contributed by atoms with E-state index in [0.717, 1.165) is 13.1 Å². The Kier molecular flexibility index (Phi) is 2.39. The number of hydrogen-bond acceptors (Lipinski definition) is 2. The number of nitrogens with one attached hydrogen (secondary N) is 2. The maximum atomic E-state index is 3.42. The molecular formula is C11H16N2. The molecule has 2 N–H and O–H groups in total. The summed E-state index contributed by atoms with van der Waals surface area (Å²) in [6.07, 6.45) is 2.47. The summed E-state index contributed by atoms with van der Waals surface area (Å²) in [7, 11) is 0. The number of anilines is 2. The molecule has 2 heteroatoms. The van der Waals surface area contributed by atoms with E-state index < -0.39 is 0 Å². The maximum Gasteiger partial charge on any atom is 0.0393 e. The lowest BCUT2D eigenvalue weighted by atomic mass is 10.0. The quantitative estimate of drug-likeness (QED) is 0.723. The van der Waals surface area contributed by atoms with Crippen LogP contribution in [0.25, 0.3) is 0 Å². The first-order valence-electron chi connectivity index (χ1n) is 5.01. The minimum absolute atomic E-state index is 0.985. The summed E-state index contributed by atoms with van der Waals surface area (Å²) in [5, 5.41) is 6.74. The van der Waals surface area contributed by atoms with Gasteiger partial charge in [0.05, 0.1) is 0 Å². The van der Waals surface area contributed by atoms with Gasteiger partial charge in [0.1, 0.15) is 0 Å². The topological polar surface area (TPSA) is 24.1 Å². The molecule has 1 aromatic carbocycles. The number of fused-ring (bicyclic) bond motifs is 1. The Balaban J connectivity index is 2.24. The standard InChI is InChI=1S/C11H16N2/c1-2-12-10-6-5-9-4-3-7-13-11(9)8-10/h5-6,8,12-13H,2-4,7H2,1H3. The molecule has 0 aliphatic carbocycles. The fourth-order valence-electron chi connectivity index (χ4n) is 1.78. The van der Waals surface area contributed by atoms with Crippen LogP contribution in [0.2, 0.25) is 0 Å². The van der Waals surface area contributed by atoms with E-state index in [9.17, 15) is 0 Å². The molecule has 0 saturated carbocycles. The van der Waals surface area contributed by atoms with Crippen LogP contribution in [-0.2, 0) is 6.42 Å². The van der Waals surface area contributed by atoms with Crippen molar-refractivity contribution < 1.29 is 0 Å². The van der Waals surface area contributed by atoms with Crippen molar-refractivity contribution in [2.45, 2.75) is 19.8 Å². The molecule has 1 heterocycles. The minimum atomic E-state index is 0.985. The molecule has 0 saturated heterocycles. The Morgan fingerprint density at radius 1 is 1.46 bits per heavy atom. The van der Waals surface area contributed by atoms with Gasteiger partial charge in [-0.1, -0.05) is 6.07 Å². The molecule has 0 aromatic heterocycles.